The number of hydrogen-bond acceptors (Lipinski definition) is 2. The van der Waals surface area contributed by atoms with Crippen molar-refractivity contribution in [1.29, 1.82) is 0 Å². The van der Waals surface area contributed by atoms with Gasteiger partial charge in [-0.25, -0.2) is 0 Å². The Labute approximate surface area is 167 Å². The third kappa shape index (κ3) is 2.39. The Kier molecular flexibility index (Phi) is 4.13. The van der Waals surface area contributed by atoms with Crippen molar-refractivity contribution in [2.75, 3.05) is 0 Å². The van der Waals surface area contributed by atoms with Gasteiger partial charge in [-0.2, -0.15) is 0 Å². The first-order valence-electron chi connectivity index (χ1n) is 9.44. The Bertz CT molecular complexity index is 1100. The van der Waals surface area contributed by atoms with Crippen LogP contribution in [0.5, 0.6) is 0 Å². The van der Waals surface area contributed by atoms with Crippen LogP contribution in [0.25, 0.3) is 11.1 Å². The molecule has 0 radical (unpaired) electrons. The molecule has 5 rings (SSSR count). The zero-order valence-corrected chi connectivity index (χ0v) is 16.4. The van der Waals surface area contributed by atoms with Gasteiger partial charge in [-0.15, -0.1) is 0 Å². The summed E-state index contributed by atoms with van der Waals surface area (Å²) in [5.41, 5.74) is 5.75. The summed E-state index contributed by atoms with van der Waals surface area (Å²) in [6, 6.07) is 33.7. The highest BCUT2D eigenvalue weighted by molar-refractivity contribution is 6.74. The Morgan fingerprint density at radius 3 is 1.79 bits per heavy atom. The summed E-state index contributed by atoms with van der Waals surface area (Å²) in [6.07, 6.45) is 0. The average Bonchev–Trinajstić information content (AvgIpc) is 3.05. The Hall–Kier alpha value is -2.79. The predicted molar refractivity (Wildman–Crippen MR) is 116 cm³/mol. The van der Waals surface area contributed by atoms with Gasteiger partial charge in [0.15, 0.2) is 0 Å². The molecule has 0 bridgehead atoms. The van der Waals surface area contributed by atoms with Crippen molar-refractivity contribution >= 4 is 21.3 Å². The smallest absolute Gasteiger partial charge is 0.423 e. The molecule has 1 aromatic heterocycles. The minimum Gasteiger partial charge on any atom is -0.423 e. The van der Waals surface area contributed by atoms with Gasteiger partial charge in [-0.05, 0) is 38.1 Å². The Balaban J connectivity index is 1.96. The number of benzene rings is 3. The molecule has 0 saturated heterocycles. The standard InChI is InChI=1S/C24H19BO2Si/c26-25(27)22-16-15-20-19-13-7-8-14-21(19)24(23(20)28-22,17-9-3-1-4-10-17)18-11-5-2-6-12-18/h1-16,26-28H. The molecular weight excluding hydrogens is 359 g/mol. The molecule has 0 spiro atoms. The van der Waals surface area contributed by atoms with Crippen LogP contribution >= 0.6 is 0 Å². The van der Waals surface area contributed by atoms with Crippen molar-refractivity contribution in [3.8, 4) is 11.1 Å². The molecule has 2 N–H and O–H groups in total. The molecule has 0 atom stereocenters. The van der Waals surface area contributed by atoms with Crippen molar-refractivity contribution in [2.24, 2.45) is 0 Å². The topological polar surface area (TPSA) is 40.5 Å². The van der Waals surface area contributed by atoms with E-state index in [1.165, 1.54) is 33.0 Å². The Morgan fingerprint density at radius 1 is 0.607 bits per heavy atom. The molecule has 1 aliphatic rings. The number of fused-ring (bicyclic) bond motifs is 3. The lowest BCUT2D eigenvalue weighted by molar-refractivity contribution is 0.426. The summed E-state index contributed by atoms with van der Waals surface area (Å²) in [6.45, 7) is 0. The van der Waals surface area contributed by atoms with Gasteiger partial charge in [-0.1, -0.05) is 97.1 Å². The average molecular weight is 378 g/mol. The molecule has 3 aromatic carbocycles. The second kappa shape index (κ2) is 6.67. The normalized spacial score (nSPS) is 13.6. The molecule has 4 heteroatoms. The summed E-state index contributed by atoms with van der Waals surface area (Å²) in [5, 5.41) is 21.8. The maximum Gasteiger partial charge on any atom is 0.483 e. The van der Waals surface area contributed by atoms with Crippen LogP contribution in [0, 0.1) is 0 Å². The molecule has 2 nitrogen and oxygen atoms in total. The first-order chi connectivity index (χ1) is 13.7. The van der Waals surface area contributed by atoms with Crippen LogP contribution in [0.1, 0.15) is 21.9 Å². The fraction of sp³-hybridized carbons (Fsp3) is 0.0417. The van der Waals surface area contributed by atoms with Gasteiger partial charge in [0.05, 0.1) is 5.41 Å². The highest BCUT2D eigenvalue weighted by Crippen LogP contribution is 2.54. The highest BCUT2D eigenvalue weighted by atomic mass is 28.2. The quantitative estimate of drug-likeness (QED) is 0.474. The molecule has 0 saturated carbocycles. The van der Waals surface area contributed by atoms with Gasteiger partial charge in [0.25, 0.3) is 0 Å². The maximum absolute atomic E-state index is 9.89. The van der Waals surface area contributed by atoms with E-state index >= 15 is 0 Å². The first kappa shape index (κ1) is 17.3. The molecule has 0 unspecified atom stereocenters. The van der Waals surface area contributed by atoms with Gasteiger partial charge in [0.2, 0.25) is 0 Å². The summed E-state index contributed by atoms with van der Waals surface area (Å²) in [4.78, 5) is 0. The van der Waals surface area contributed by atoms with Crippen LogP contribution in [-0.4, -0.2) is 26.3 Å². The Morgan fingerprint density at radius 2 is 1.18 bits per heavy atom. The minimum atomic E-state index is -1.41. The van der Waals surface area contributed by atoms with Crippen molar-refractivity contribution in [2.45, 2.75) is 5.41 Å². The molecule has 1 heterocycles. The molecule has 0 aliphatic heterocycles. The van der Waals surface area contributed by atoms with E-state index in [-0.39, 0.29) is 0 Å². The van der Waals surface area contributed by atoms with Crippen LogP contribution in [0.2, 0.25) is 0 Å². The fourth-order valence-corrected chi connectivity index (χ4v) is 6.41. The lowest BCUT2D eigenvalue weighted by Gasteiger charge is -2.34. The number of hydrogen-bond donors (Lipinski definition) is 2. The summed E-state index contributed by atoms with van der Waals surface area (Å²) >= 11 is 0. The zero-order chi connectivity index (χ0) is 19.1. The summed E-state index contributed by atoms with van der Waals surface area (Å²) in [5.74, 6) is 0. The van der Waals surface area contributed by atoms with Gasteiger partial charge in [-0.3, -0.25) is 0 Å². The monoisotopic (exact) mass is 378 g/mol. The van der Waals surface area contributed by atoms with Crippen molar-refractivity contribution in [3.63, 3.8) is 0 Å². The van der Waals surface area contributed by atoms with Crippen molar-refractivity contribution in [1.82, 2.24) is 0 Å². The van der Waals surface area contributed by atoms with Gasteiger partial charge >= 0.3 is 7.12 Å². The predicted octanol–water partition coefficient (Wildman–Crippen LogP) is 2.80. The van der Waals surface area contributed by atoms with Crippen molar-refractivity contribution < 1.29 is 10.0 Å². The van der Waals surface area contributed by atoms with Crippen molar-refractivity contribution in [3.05, 3.63) is 119 Å². The molecule has 0 amide bonds. The van der Waals surface area contributed by atoms with E-state index in [0.717, 1.165) is 0 Å². The van der Waals surface area contributed by atoms with E-state index in [0.29, 0.717) is 5.07 Å². The van der Waals surface area contributed by atoms with Crippen LogP contribution < -0.4 is 5.07 Å². The van der Waals surface area contributed by atoms with Crippen LogP contribution in [0.15, 0.2) is 97.1 Å². The second-order valence-electron chi connectivity index (χ2n) is 7.21. The fourth-order valence-electron chi connectivity index (χ4n) is 4.62. The van der Waals surface area contributed by atoms with Crippen LogP contribution in [0.3, 0.4) is 0 Å². The lowest BCUT2D eigenvalue weighted by Crippen LogP contribution is -2.37. The molecule has 28 heavy (non-hydrogen) atoms. The molecule has 0 fully saturated rings. The lowest BCUT2D eigenvalue weighted by atomic mass is 9.70. The van der Waals surface area contributed by atoms with E-state index in [1.54, 1.807) is 0 Å². The maximum atomic E-state index is 9.89. The van der Waals surface area contributed by atoms with Gasteiger partial charge in [0, 0.05) is 9.12 Å². The SMILES string of the molecule is OB(O)c1ccc2c([siH]1)C(c1ccccc1)(c1ccccc1)c1ccccc1-2. The van der Waals surface area contributed by atoms with E-state index in [1.807, 2.05) is 18.2 Å². The second-order valence-corrected chi connectivity index (χ2v) is 8.74. The number of rotatable bonds is 3. The van der Waals surface area contributed by atoms with E-state index in [2.05, 4.69) is 78.9 Å². The summed E-state index contributed by atoms with van der Waals surface area (Å²) in [7, 11) is -1.82. The zero-order valence-electron chi connectivity index (χ0n) is 15.3. The van der Waals surface area contributed by atoms with Crippen LogP contribution in [0.4, 0.5) is 0 Å². The van der Waals surface area contributed by atoms with Gasteiger partial charge in [0.1, 0.15) is 0 Å². The molecule has 1 aliphatic carbocycles. The van der Waals surface area contributed by atoms with Crippen LogP contribution in [-0.2, 0) is 5.41 Å². The third-order valence-corrected chi connectivity index (χ3v) is 7.64. The summed E-state index contributed by atoms with van der Waals surface area (Å²) < 4.78 is 0. The minimum absolute atomic E-state index is 0.408. The first-order valence-corrected chi connectivity index (χ1v) is 10.6. The van der Waals surface area contributed by atoms with E-state index in [4.69, 9.17) is 0 Å². The molecule has 4 aromatic rings. The van der Waals surface area contributed by atoms with Gasteiger partial charge < -0.3 is 10.0 Å². The molecular formula is C24H19BO2Si. The van der Waals surface area contributed by atoms with E-state index in [9.17, 15) is 10.0 Å². The third-order valence-electron chi connectivity index (χ3n) is 5.78. The molecule has 134 valence electrons. The highest BCUT2D eigenvalue weighted by Gasteiger charge is 2.45. The largest absolute Gasteiger partial charge is 0.483 e. The van der Waals surface area contributed by atoms with E-state index < -0.39 is 21.7 Å².